The van der Waals surface area contributed by atoms with Gasteiger partial charge < -0.3 is 10.2 Å². The van der Waals surface area contributed by atoms with Gasteiger partial charge in [0.15, 0.2) is 0 Å². The Bertz CT molecular complexity index is 1110. The van der Waals surface area contributed by atoms with Gasteiger partial charge in [0.1, 0.15) is 12.6 Å². The summed E-state index contributed by atoms with van der Waals surface area (Å²) in [6.45, 7) is 5.04. The molecule has 34 heavy (non-hydrogen) atoms. The van der Waals surface area contributed by atoms with E-state index in [0.29, 0.717) is 0 Å². The molecule has 2 aromatic carbocycles. The minimum absolute atomic E-state index is 0.0688. The molecule has 7 nitrogen and oxygen atoms in total. The molecule has 0 fully saturated rings. The fraction of sp³-hybridized carbons (Fsp3) is 0.391. The van der Waals surface area contributed by atoms with Crippen LogP contribution in [-0.2, 0) is 26.2 Å². The third-order valence-electron chi connectivity index (χ3n) is 5.25. The Morgan fingerprint density at radius 3 is 2.12 bits per heavy atom. The van der Waals surface area contributed by atoms with Crippen LogP contribution in [0.4, 0.5) is 5.69 Å². The van der Waals surface area contributed by atoms with Gasteiger partial charge >= 0.3 is 0 Å². The average Bonchev–Trinajstić information content (AvgIpc) is 2.74. The van der Waals surface area contributed by atoms with Crippen molar-refractivity contribution in [2.24, 2.45) is 0 Å². The highest BCUT2D eigenvalue weighted by Crippen LogP contribution is 2.27. The molecule has 0 aliphatic rings. The minimum Gasteiger partial charge on any atom is -0.352 e. The smallest absolute Gasteiger partial charge is 0.244 e. The van der Waals surface area contributed by atoms with Gasteiger partial charge in [-0.05, 0) is 56.2 Å². The Balaban J connectivity index is 2.41. The van der Waals surface area contributed by atoms with Gasteiger partial charge in [-0.2, -0.15) is 0 Å². The van der Waals surface area contributed by atoms with Crippen molar-refractivity contribution in [3.8, 4) is 0 Å². The molecule has 0 aromatic heterocycles. The first-order valence-corrected chi connectivity index (χ1v) is 14.0. The van der Waals surface area contributed by atoms with Gasteiger partial charge in [0.2, 0.25) is 21.8 Å². The molecule has 0 unspecified atom stereocenters. The topological polar surface area (TPSA) is 86.8 Å². The summed E-state index contributed by atoms with van der Waals surface area (Å²) in [7, 11) is -3.87. The van der Waals surface area contributed by atoms with Crippen LogP contribution in [0.15, 0.2) is 46.9 Å². The van der Waals surface area contributed by atoms with Crippen molar-refractivity contribution < 1.29 is 18.0 Å². The molecule has 1 N–H and O–H groups in total. The molecule has 0 radical (unpaired) electrons. The van der Waals surface area contributed by atoms with Gasteiger partial charge in [0.25, 0.3) is 0 Å². The summed E-state index contributed by atoms with van der Waals surface area (Å²) in [5, 5.41) is 3.35. The first-order valence-electron chi connectivity index (χ1n) is 10.6. The standard InChI is InChI=1S/C23H28BrCl2N3O4S/c1-5-15(2)27-23(31)16(3)28(13-17-6-8-18(24)9-7-17)22(30)14-29(34(4,32)33)21-11-19(25)10-20(26)12-21/h6-12,15-16H,5,13-14H2,1-4H3,(H,27,31)/t15-,16-/m1/s1. The van der Waals surface area contributed by atoms with Crippen LogP contribution in [0, 0.1) is 0 Å². The Kier molecular flexibility index (Phi) is 10.2. The summed E-state index contributed by atoms with van der Waals surface area (Å²) in [5.41, 5.74) is 0.949. The summed E-state index contributed by atoms with van der Waals surface area (Å²) in [6.07, 6.45) is 1.73. The van der Waals surface area contributed by atoms with Crippen LogP contribution in [0.2, 0.25) is 10.0 Å². The number of nitrogens with zero attached hydrogens (tertiary/aromatic N) is 2. The van der Waals surface area contributed by atoms with E-state index in [1.807, 2.05) is 38.1 Å². The molecule has 0 aliphatic carbocycles. The van der Waals surface area contributed by atoms with Crippen molar-refractivity contribution in [3.05, 3.63) is 62.5 Å². The SMILES string of the molecule is CC[C@@H](C)NC(=O)[C@@H](C)N(Cc1ccc(Br)cc1)C(=O)CN(c1cc(Cl)cc(Cl)c1)S(C)(=O)=O. The summed E-state index contributed by atoms with van der Waals surface area (Å²) in [5.74, 6) is -0.868. The van der Waals surface area contributed by atoms with E-state index in [0.717, 1.165) is 27.0 Å². The van der Waals surface area contributed by atoms with E-state index < -0.39 is 28.5 Å². The van der Waals surface area contributed by atoms with E-state index in [1.165, 1.54) is 23.1 Å². The highest BCUT2D eigenvalue weighted by Gasteiger charge is 2.30. The lowest BCUT2D eigenvalue weighted by molar-refractivity contribution is -0.139. The van der Waals surface area contributed by atoms with Crippen molar-refractivity contribution in [1.82, 2.24) is 10.2 Å². The molecule has 0 bridgehead atoms. The van der Waals surface area contributed by atoms with Crippen LogP contribution >= 0.6 is 39.1 Å². The van der Waals surface area contributed by atoms with Gasteiger partial charge in [-0.25, -0.2) is 8.42 Å². The average molecular weight is 593 g/mol. The second-order valence-electron chi connectivity index (χ2n) is 8.04. The van der Waals surface area contributed by atoms with Crippen molar-refractivity contribution in [2.45, 2.75) is 45.8 Å². The molecule has 2 atom stereocenters. The van der Waals surface area contributed by atoms with Crippen LogP contribution in [0.5, 0.6) is 0 Å². The Morgan fingerprint density at radius 2 is 1.62 bits per heavy atom. The third-order valence-corrected chi connectivity index (χ3v) is 7.35. The quantitative estimate of drug-likeness (QED) is 0.427. The molecule has 186 valence electrons. The summed E-state index contributed by atoms with van der Waals surface area (Å²) >= 11 is 15.5. The van der Waals surface area contributed by atoms with Gasteiger partial charge in [-0.3, -0.25) is 13.9 Å². The number of hydrogen-bond acceptors (Lipinski definition) is 4. The van der Waals surface area contributed by atoms with Crippen LogP contribution in [0.3, 0.4) is 0 Å². The van der Waals surface area contributed by atoms with Crippen LogP contribution in [0.25, 0.3) is 0 Å². The molecule has 0 heterocycles. The number of carbonyl (C=O) groups is 2. The maximum Gasteiger partial charge on any atom is 0.244 e. The maximum atomic E-state index is 13.5. The number of hydrogen-bond donors (Lipinski definition) is 1. The lowest BCUT2D eigenvalue weighted by Crippen LogP contribution is -2.52. The predicted octanol–water partition coefficient (Wildman–Crippen LogP) is 4.85. The van der Waals surface area contributed by atoms with Gasteiger partial charge in [-0.1, -0.05) is 58.2 Å². The maximum absolute atomic E-state index is 13.5. The molecule has 2 rings (SSSR count). The molecule has 0 spiro atoms. The molecular weight excluding hydrogens is 565 g/mol. The fourth-order valence-electron chi connectivity index (χ4n) is 3.13. The molecule has 0 saturated carbocycles. The normalized spacial score (nSPS) is 13.1. The predicted molar refractivity (Wildman–Crippen MR) is 141 cm³/mol. The van der Waals surface area contributed by atoms with E-state index in [4.69, 9.17) is 23.2 Å². The fourth-order valence-corrected chi connectivity index (χ4v) is 4.74. The van der Waals surface area contributed by atoms with Crippen molar-refractivity contribution >= 4 is 66.7 Å². The van der Waals surface area contributed by atoms with E-state index in [2.05, 4.69) is 21.2 Å². The first kappa shape index (κ1) is 28.4. The van der Waals surface area contributed by atoms with E-state index in [1.54, 1.807) is 6.92 Å². The van der Waals surface area contributed by atoms with Gasteiger partial charge in [0, 0.05) is 27.1 Å². The number of halogens is 3. The van der Waals surface area contributed by atoms with E-state index in [9.17, 15) is 18.0 Å². The first-order chi connectivity index (χ1) is 15.8. The minimum atomic E-state index is -3.87. The highest BCUT2D eigenvalue weighted by atomic mass is 79.9. The number of carbonyl (C=O) groups excluding carboxylic acids is 2. The third kappa shape index (κ3) is 8.15. The second-order valence-corrected chi connectivity index (χ2v) is 11.7. The largest absolute Gasteiger partial charge is 0.352 e. The molecule has 0 saturated heterocycles. The van der Waals surface area contributed by atoms with Crippen LogP contribution in [0.1, 0.15) is 32.8 Å². The second kappa shape index (κ2) is 12.2. The number of benzene rings is 2. The summed E-state index contributed by atoms with van der Waals surface area (Å²) in [6, 6.07) is 10.7. The van der Waals surface area contributed by atoms with Crippen molar-refractivity contribution in [3.63, 3.8) is 0 Å². The zero-order valence-corrected chi connectivity index (χ0v) is 23.3. The summed E-state index contributed by atoms with van der Waals surface area (Å²) in [4.78, 5) is 27.7. The number of sulfonamides is 1. The number of nitrogens with one attached hydrogen (secondary N) is 1. The van der Waals surface area contributed by atoms with Crippen LogP contribution < -0.4 is 9.62 Å². The monoisotopic (exact) mass is 591 g/mol. The van der Waals surface area contributed by atoms with E-state index >= 15 is 0 Å². The van der Waals surface area contributed by atoms with Gasteiger partial charge in [-0.15, -0.1) is 0 Å². The Morgan fingerprint density at radius 1 is 1.06 bits per heavy atom. The zero-order valence-electron chi connectivity index (χ0n) is 19.4. The van der Waals surface area contributed by atoms with Gasteiger partial charge in [0.05, 0.1) is 11.9 Å². The van der Waals surface area contributed by atoms with Crippen molar-refractivity contribution in [2.75, 3.05) is 17.1 Å². The number of amides is 2. The molecule has 2 amide bonds. The lowest BCUT2D eigenvalue weighted by atomic mass is 10.1. The Labute approximate surface area is 219 Å². The zero-order chi connectivity index (χ0) is 25.6. The van der Waals surface area contributed by atoms with Crippen molar-refractivity contribution in [1.29, 1.82) is 0 Å². The van der Waals surface area contributed by atoms with Crippen LogP contribution in [-0.4, -0.2) is 50.0 Å². The molecular formula is C23H28BrCl2N3O4S. The number of rotatable bonds is 10. The lowest BCUT2D eigenvalue weighted by Gasteiger charge is -2.32. The number of anilines is 1. The Hall–Kier alpha value is -1.81. The van der Waals surface area contributed by atoms with E-state index in [-0.39, 0.29) is 34.2 Å². The molecule has 2 aromatic rings. The molecule has 0 aliphatic heterocycles. The summed E-state index contributed by atoms with van der Waals surface area (Å²) < 4.78 is 27.0. The molecule has 11 heteroatoms. The highest BCUT2D eigenvalue weighted by molar-refractivity contribution is 9.10.